The van der Waals surface area contributed by atoms with Crippen LogP contribution in [0.2, 0.25) is 0 Å². The van der Waals surface area contributed by atoms with Crippen molar-refractivity contribution in [1.82, 2.24) is 5.32 Å². The molecule has 2 rings (SSSR count). The topological polar surface area (TPSA) is 21.3 Å². The van der Waals surface area contributed by atoms with Gasteiger partial charge in [-0.05, 0) is 45.2 Å². The summed E-state index contributed by atoms with van der Waals surface area (Å²) in [7, 11) is 0. The van der Waals surface area contributed by atoms with Crippen molar-refractivity contribution in [1.29, 1.82) is 0 Å². The average molecular weight is 275 g/mol. The Balaban J connectivity index is 1.54. The number of nitrogens with one attached hydrogen (secondary N) is 1. The van der Waals surface area contributed by atoms with Crippen molar-refractivity contribution in [2.24, 2.45) is 0 Å². The molecule has 1 aliphatic carbocycles. The second-order valence-corrected chi connectivity index (χ2v) is 6.16. The summed E-state index contributed by atoms with van der Waals surface area (Å²) in [5.41, 5.74) is 4.08. The molecule has 1 aromatic rings. The molecule has 2 nitrogen and oxygen atoms in total. The van der Waals surface area contributed by atoms with E-state index in [1.807, 2.05) is 0 Å². The Morgan fingerprint density at radius 1 is 1.05 bits per heavy atom. The molecular formula is C18H29NO. The van der Waals surface area contributed by atoms with Gasteiger partial charge in [0.2, 0.25) is 0 Å². The van der Waals surface area contributed by atoms with E-state index in [4.69, 9.17) is 4.74 Å². The van der Waals surface area contributed by atoms with E-state index in [1.54, 1.807) is 0 Å². The van der Waals surface area contributed by atoms with Gasteiger partial charge in [0.25, 0.3) is 0 Å². The van der Waals surface area contributed by atoms with Crippen molar-refractivity contribution in [3.8, 4) is 0 Å². The van der Waals surface area contributed by atoms with Crippen LogP contribution in [0.5, 0.6) is 0 Å². The van der Waals surface area contributed by atoms with Gasteiger partial charge in [0.15, 0.2) is 0 Å². The van der Waals surface area contributed by atoms with E-state index in [9.17, 15) is 0 Å². The van der Waals surface area contributed by atoms with E-state index in [2.05, 4.69) is 37.4 Å². The van der Waals surface area contributed by atoms with Crippen molar-refractivity contribution in [3.63, 3.8) is 0 Å². The Hall–Kier alpha value is -0.860. The summed E-state index contributed by atoms with van der Waals surface area (Å²) in [5, 5.41) is 3.51. The van der Waals surface area contributed by atoms with Crippen molar-refractivity contribution in [2.75, 3.05) is 13.2 Å². The van der Waals surface area contributed by atoms with E-state index < -0.39 is 0 Å². The molecule has 1 aliphatic rings. The van der Waals surface area contributed by atoms with Crippen LogP contribution in [0.15, 0.2) is 18.2 Å². The highest BCUT2D eigenvalue weighted by Crippen LogP contribution is 2.20. The molecule has 0 amide bonds. The fourth-order valence-corrected chi connectivity index (χ4v) is 3.08. The SMILES string of the molecule is Cc1cc(C)cc(CNCCCOC2CCCCC2)c1. The summed E-state index contributed by atoms with van der Waals surface area (Å²) >= 11 is 0. The summed E-state index contributed by atoms with van der Waals surface area (Å²) in [6.45, 7) is 7.24. The number of benzene rings is 1. The van der Waals surface area contributed by atoms with Crippen LogP contribution in [0.3, 0.4) is 0 Å². The quantitative estimate of drug-likeness (QED) is 0.755. The lowest BCUT2D eigenvalue weighted by Crippen LogP contribution is -2.20. The Bertz CT molecular complexity index is 376. The molecule has 20 heavy (non-hydrogen) atoms. The first kappa shape index (κ1) is 15.5. The number of hydrogen-bond donors (Lipinski definition) is 1. The summed E-state index contributed by atoms with van der Waals surface area (Å²) in [5.74, 6) is 0. The molecule has 0 atom stereocenters. The van der Waals surface area contributed by atoms with Gasteiger partial charge in [-0.25, -0.2) is 0 Å². The first-order valence-corrected chi connectivity index (χ1v) is 8.13. The Morgan fingerprint density at radius 3 is 2.45 bits per heavy atom. The maximum absolute atomic E-state index is 5.93. The third-order valence-corrected chi connectivity index (χ3v) is 4.01. The Morgan fingerprint density at radius 2 is 1.75 bits per heavy atom. The smallest absolute Gasteiger partial charge is 0.0575 e. The minimum absolute atomic E-state index is 0.545. The van der Waals surface area contributed by atoms with E-state index in [1.165, 1.54) is 48.8 Å². The monoisotopic (exact) mass is 275 g/mol. The largest absolute Gasteiger partial charge is 0.378 e. The molecular weight excluding hydrogens is 246 g/mol. The molecule has 1 saturated carbocycles. The molecule has 1 fully saturated rings. The third-order valence-electron chi connectivity index (χ3n) is 4.01. The molecule has 1 N–H and O–H groups in total. The summed E-state index contributed by atoms with van der Waals surface area (Å²) in [6, 6.07) is 6.75. The molecule has 1 aromatic carbocycles. The molecule has 0 radical (unpaired) electrons. The average Bonchev–Trinajstić information content (AvgIpc) is 2.43. The van der Waals surface area contributed by atoms with Gasteiger partial charge in [-0.2, -0.15) is 0 Å². The van der Waals surface area contributed by atoms with E-state index in [0.29, 0.717) is 6.10 Å². The fourth-order valence-electron chi connectivity index (χ4n) is 3.08. The lowest BCUT2D eigenvalue weighted by Gasteiger charge is -2.21. The first-order valence-electron chi connectivity index (χ1n) is 8.13. The second kappa shape index (κ2) is 8.43. The zero-order valence-electron chi connectivity index (χ0n) is 13.1. The molecule has 0 aliphatic heterocycles. The van der Waals surface area contributed by atoms with E-state index in [0.717, 1.165) is 26.1 Å². The molecule has 0 saturated heterocycles. The molecule has 112 valence electrons. The summed E-state index contributed by atoms with van der Waals surface area (Å²) in [6.07, 6.45) is 8.32. The highest BCUT2D eigenvalue weighted by atomic mass is 16.5. The highest BCUT2D eigenvalue weighted by molar-refractivity contribution is 5.28. The van der Waals surface area contributed by atoms with Gasteiger partial charge < -0.3 is 10.1 Å². The third kappa shape index (κ3) is 5.64. The van der Waals surface area contributed by atoms with Crippen molar-refractivity contribution >= 4 is 0 Å². The van der Waals surface area contributed by atoms with Gasteiger partial charge in [-0.1, -0.05) is 48.6 Å². The van der Waals surface area contributed by atoms with E-state index >= 15 is 0 Å². The van der Waals surface area contributed by atoms with Gasteiger partial charge in [-0.3, -0.25) is 0 Å². The van der Waals surface area contributed by atoms with Gasteiger partial charge in [0.1, 0.15) is 0 Å². The molecule has 0 heterocycles. The summed E-state index contributed by atoms with van der Waals surface area (Å²) < 4.78 is 5.93. The number of ether oxygens (including phenoxy) is 1. The maximum atomic E-state index is 5.93. The summed E-state index contributed by atoms with van der Waals surface area (Å²) in [4.78, 5) is 0. The fraction of sp³-hybridized carbons (Fsp3) is 0.667. The lowest BCUT2D eigenvalue weighted by atomic mass is 9.98. The Kier molecular flexibility index (Phi) is 6.55. The van der Waals surface area contributed by atoms with Gasteiger partial charge in [0, 0.05) is 13.2 Å². The maximum Gasteiger partial charge on any atom is 0.0575 e. The molecule has 0 aromatic heterocycles. The normalized spacial score (nSPS) is 16.5. The number of aryl methyl sites for hydroxylation is 2. The van der Waals surface area contributed by atoms with Gasteiger partial charge in [-0.15, -0.1) is 0 Å². The second-order valence-electron chi connectivity index (χ2n) is 6.16. The Labute approximate surface area is 123 Å². The highest BCUT2D eigenvalue weighted by Gasteiger charge is 2.12. The van der Waals surface area contributed by atoms with Crippen LogP contribution in [-0.4, -0.2) is 19.3 Å². The van der Waals surface area contributed by atoms with Crippen LogP contribution in [0, 0.1) is 13.8 Å². The lowest BCUT2D eigenvalue weighted by molar-refractivity contribution is 0.0273. The zero-order valence-corrected chi connectivity index (χ0v) is 13.1. The molecule has 0 bridgehead atoms. The molecule has 0 unspecified atom stereocenters. The standard InChI is InChI=1S/C18H29NO/c1-15-11-16(2)13-17(12-15)14-19-9-6-10-20-18-7-4-3-5-8-18/h11-13,18-19H,3-10,14H2,1-2H3. The van der Waals surface area contributed by atoms with Gasteiger partial charge in [0.05, 0.1) is 6.10 Å². The van der Waals surface area contributed by atoms with Crippen LogP contribution < -0.4 is 5.32 Å². The van der Waals surface area contributed by atoms with Crippen LogP contribution in [-0.2, 0) is 11.3 Å². The van der Waals surface area contributed by atoms with Crippen LogP contribution in [0.25, 0.3) is 0 Å². The van der Waals surface area contributed by atoms with Crippen molar-refractivity contribution < 1.29 is 4.74 Å². The zero-order chi connectivity index (χ0) is 14.2. The van der Waals surface area contributed by atoms with Crippen LogP contribution in [0.1, 0.15) is 55.2 Å². The minimum atomic E-state index is 0.545. The molecule has 0 spiro atoms. The number of rotatable bonds is 7. The van der Waals surface area contributed by atoms with Crippen molar-refractivity contribution in [3.05, 3.63) is 34.9 Å². The number of hydrogen-bond acceptors (Lipinski definition) is 2. The van der Waals surface area contributed by atoms with E-state index in [-0.39, 0.29) is 0 Å². The van der Waals surface area contributed by atoms with Crippen LogP contribution >= 0.6 is 0 Å². The first-order chi connectivity index (χ1) is 9.74. The molecule has 2 heteroatoms. The predicted molar refractivity (Wildman–Crippen MR) is 85.1 cm³/mol. The van der Waals surface area contributed by atoms with Gasteiger partial charge >= 0.3 is 0 Å². The minimum Gasteiger partial charge on any atom is -0.378 e. The predicted octanol–water partition coefficient (Wildman–Crippen LogP) is 4.13. The van der Waals surface area contributed by atoms with Crippen LogP contribution in [0.4, 0.5) is 0 Å². The van der Waals surface area contributed by atoms with Crippen molar-refractivity contribution in [2.45, 2.75) is 65.0 Å².